The Bertz CT molecular complexity index is 1240. The molecule has 5 rings (SSSR count). The number of nitrogens with zero attached hydrogens (tertiary/aromatic N) is 4. The SMILES string of the molecule is COc1cc2nncc(-c3cnc(NCCc4ccccn4)c(C4CC4)c3)c2cc1OC. The van der Waals surface area contributed by atoms with Gasteiger partial charge in [-0.3, -0.25) is 4.98 Å². The monoisotopic (exact) mass is 427 g/mol. The van der Waals surface area contributed by atoms with Crippen LogP contribution >= 0.6 is 0 Å². The molecule has 0 amide bonds. The minimum atomic E-state index is 0.551. The van der Waals surface area contributed by atoms with Crippen molar-refractivity contribution < 1.29 is 9.47 Å². The molecule has 162 valence electrons. The van der Waals surface area contributed by atoms with Gasteiger partial charge in [0, 0.05) is 53.6 Å². The first kappa shape index (κ1) is 20.2. The van der Waals surface area contributed by atoms with Crippen molar-refractivity contribution in [3.63, 3.8) is 0 Å². The van der Waals surface area contributed by atoms with E-state index in [1.807, 2.05) is 42.7 Å². The molecule has 0 atom stereocenters. The lowest BCUT2D eigenvalue weighted by Gasteiger charge is -2.14. The van der Waals surface area contributed by atoms with Crippen LogP contribution in [0, 0.1) is 0 Å². The summed E-state index contributed by atoms with van der Waals surface area (Å²) >= 11 is 0. The number of nitrogens with one attached hydrogen (secondary N) is 1. The zero-order valence-corrected chi connectivity index (χ0v) is 18.2. The lowest BCUT2D eigenvalue weighted by Crippen LogP contribution is -2.09. The van der Waals surface area contributed by atoms with E-state index in [1.54, 1.807) is 20.4 Å². The number of methoxy groups -OCH3 is 2. The molecule has 1 saturated carbocycles. The first-order valence-corrected chi connectivity index (χ1v) is 10.8. The molecule has 0 saturated heterocycles. The molecule has 4 aromatic rings. The third kappa shape index (κ3) is 4.06. The average molecular weight is 428 g/mol. The fourth-order valence-corrected chi connectivity index (χ4v) is 3.95. The van der Waals surface area contributed by atoms with Crippen LogP contribution in [0.2, 0.25) is 0 Å². The van der Waals surface area contributed by atoms with E-state index in [-0.39, 0.29) is 0 Å². The van der Waals surface area contributed by atoms with Crippen LogP contribution in [-0.2, 0) is 6.42 Å². The molecule has 32 heavy (non-hydrogen) atoms. The second-order valence-electron chi connectivity index (χ2n) is 7.92. The van der Waals surface area contributed by atoms with Crippen molar-refractivity contribution in [2.24, 2.45) is 0 Å². The van der Waals surface area contributed by atoms with E-state index in [1.165, 1.54) is 18.4 Å². The van der Waals surface area contributed by atoms with Gasteiger partial charge in [0.05, 0.1) is 25.9 Å². The van der Waals surface area contributed by atoms with Gasteiger partial charge in [-0.05, 0) is 48.6 Å². The van der Waals surface area contributed by atoms with Gasteiger partial charge in [-0.1, -0.05) is 6.07 Å². The number of anilines is 1. The van der Waals surface area contributed by atoms with Crippen LogP contribution in [0.1, 0.15) is 30.0 Å². The molecule has 0 bridgehead atoms. The Morgan fingerprint density at radius 1 is 1.00 bits per heavy atom. The molecule has 1 aromatic carbocycles. The van der Waals surface area contributed by atoms with E-state index >= 15 is 0 Å². The number of pyridine rings is 2. The zero-order valence-electron chi connectivity index (χ0n) is 18.2. The summed E-state index contributed by atoms with van der Waals surface area (Å²) in [4.78, 5) is 9.19. The van der Waals surface area contributed by atoms with Gasteiger partial charge in [-0.25, -0.2) is 4.98 Å². The predicted octanol–water partition coefficient (Wildman–Crippen LogP) is 4.64. The molecule has 1 fully saturated rings. The van der Waals surface area contributed by atoms with Gasteiger partial charge >= 0.3 is 0 Å². The summed E-state index contributed by atoms with van der Waals surface area (Å²) in [6, 6.07) is 12.0. The molecular weight excluding hydrogens is 402 g/mol. The highest BCUT2D eigenvalue weighted by atomic mass is 16.5. The van der Waals surface area contributed by atoms with Crippen molar-refractivity contribution in [3.8, 4) is 22.6 Å². The topological polar surface area (TPSA) is 82.1 Å². The molecule has 0 spiro atoms. The largest absolute Gasteiger partial charge is 0.493 e. The highest BCUT2D eigenvalue weighted by molar-refractivity contribution is 5.95. The summed E-state index contributed by atoms with van der Waals surface area (Å²) in [6.07, 6.45) is 8.77. The van der Waals surface area contributed by atoms with Crippen LogP contribution in [0.5, 0.6) is 11.5 Å². The molecule has 3 heterocycles. The predicted molar refractivity (Wildman–Crippen MR) is 124 cm³/mol. The van der Waals surface area contributed by atoms with E-state index in [0.717, 1.165) is 46.5 Å². The van der Waals surface area contributed by atoms with Crippen molar-refractivity contribution in [1.29, 1.82) is 0 Å². The van der Waals surface area contributed by atoms with E-state index in [9.17, 15) is 0 Å². The number of aromatic nitrogens is 4. The van der Waals surface area contributed by atoms with Crippen LogP contribution < -0.4 is 14.8 Å². The Morgan fingerprint density at radius 3 is 2.59 bits per heavy atom. The molecule has 7 nitrogen and oxygen atoms in total. The average Bonchev–Trinajstić information content (AvgIpc) is 3.69. The van der Waals surface area contributed by atoms with Crippen LogP contribution in [0.25, 0.3) is 22.0 Å². The lowest BCUT2D eigenvalue weighted by molar-refractivity contribution is 0.356. The summed E-state index contributed by atoms with van der Waals surface area (Å²) < 4.78 is 10.9. The number of rotatable bonds is 8. The molecule has 7 heteroatoms. The second kappa shape index (κ2) is 8.78. The minimum Gasteiger partial charge on any atom is -0.493 e. The van der Waals surface area contributed by atoms with Crippen LogP contribution in [0.4, 0.5) is 5.82 Å². The zero-order chi connectivity index (χ0) is 21.9. The summed E-state index contributed by atoms with van der Waals surface area (Å²) in [5, 5.41) is 13.0. The minimum absolute atomic E-state index is 0.551. The van der Waals surface area contributed by atoms with Gasteiger partial charge in [0.25, 0.3) is 0 Å². The van der Waals surface area contributed by atoms with Crippen LogP contribution in [0.3, 0.4) is 0 Å². The van der Waals surface area contributed by atoms with E-state index in [0.29, 0.717) is 17.4 Å². The summed E-state index contributed by atoms with van der Waals surface area (Å²) in [5.74, 6) is 2.81. The standard InChI is InChI=1S/C25H25N5O2/c1-31-23-12-20-21(15-29-30-22(20)13-24(23)32-2)17-11-19(16-6-7-16)25(28-14-17)27-10-8-18-5-3-4-9-26-18/h3-5,9,11-16H,6-8,10H2,1-2H3,(H,27,28). The number of hydrogen-bond donors (Lipinski definition) is 1. The maximum Gasteiger partial charge on any atom is 0.162 e. The van der Waals surface area contributed by atoms with E-state index < -0.39 is 0 Å². The Morgan fingerprint density at radius 2 is 1.84 bits per heavy atom. The lowest BCUT2D eigenvalue weighted by atomic mass is 10.0. The number of ether oxygens (including phenoxy) is 2. The van der Waals surface area contributed by atoms with E-state index in [4.69, 9.17) is 14.5 Å². The first-order chi connectivity index (χ1) is 15.8. The summed E-state index contributed by atoms with van der Waals surface area (Å²) in [5.41, 5.74) is 5.09. The maximum atomic E-state index is 5.50. The van der Waals surface area contributed by atoms with Crippen molar-refractivity contribution in [2.45, 2.75) is 25.2 Å². The van der Waals surface area contributed by atoms with Crippen molar-refractivity contribution in [2.75, 3.05) is 26.1 Å². The van der Waals surface area contributed by atoms with Gasteiger partial charge in [0.2, 0.25) is 0 Å². The van der Waals surface area contributed by atoms with Gasteiger partial charge in [0.15, 0.2) is 11.5 Å². The van der Waals surface area contributed by atoms with Gasteiger partial charge in [-0.15, -0.1) is 0 Å². The highest BCUT2D eigenvalue weighted by Gasteiger charge is 2.27. The quantitative estimate of drug-likeness (QED) is 0.439. The van der Waals surface area contributed by atoms with Gasteiger partial charge in [-0.2, -0.15) is 10.2 Å². The molecule has 0 unspecified atom stereocenters. The number of fused-ring (bicyclic) bond motifs is 1. The third-order valence-corrected chi connectivity index (χ3v) is 5.79. The van der Waals surface area contributed by atoms with Gasteiger partial charge in [0.1, 0.15) is 5.82 Å². The van der Waals surface area contributed by atoms with E-state index in [2.05, 4.69) is 26.6 Å². The Balaban J connectivity index is 1.47. The second-order valence-corrected chi connectivity index (χ2v) is 7.92. The van der Waals surface area contributed by atoms with Crippen molar-refractivity contribution in [3.05, 3.63) is 66.2 Å². The highest BCUT2D eigenvalue weighted by Crippen LogP contribution is 2.44. The smallest absolute Gasteiger partial charge is 0.162 e. The summed E-state index contributed by atoms with van der Waals surface area (Å²) in [6.45, 7) is 0.791. The number of benzene rings is 1. The Kier molecular flexibility index (Phi) is 5.54. The molecular formula is C25H25N5O2. The summed E-state index contributed by atoms with van der Waals surface area (Å²) in [7, 11) is 3.25. The van der Waals surface area contributed by atoms with Crippen molar-refractivity contribution in [1.82, 2.24) is 20.2 Å². The Labute approximate surface area is 186 Å². The molecule has 3 aromatic heterocycles. The molecule has 0 aliphatic heterocycles. The van der Waals surface area contributed by atoms with Crippen molar-refractivity contribution >= 4 is 16.7 Å². The molecule has 1 N–H and O–H groups in total. The van der Waals surface area contributed by atoms with Gasteiger partial charge < -0.3 is 14.8 Å². The molecule has 1 aliphatic rings. The maximum absolute atomic E-state index is 5.50. The first-order valence-electron chi connectivity index (χ1n) is 10.8. The number of hydrogen-bond acceptors (Lipinski definition) is 7. The fourth-order valence-electron chi connectivity index (χ4n) is 3.95. The van der Waals surface area contributed by atoms with Crippen LogP contribution in [0.15, 0.2) is 55.0 Å². The molecule has 0 radical (unpaired) electrons. The van der Waals surface area contributed by atoms with Crippen LogP contribution in [-0.4, -0.2) is 40.9 Å². The molecule has 1 aliphatic carbocycles. The third-order valence-electron chi connectivity index (χ3n) is 5.79. The normalized spacial score (nSPS) is 13.2. The fraction of sp³-hybridized carbons (Fsp3) is 0.280. The Hall–Kier alpha value is -3.74.